The fourth-order valence-corrected chi connectivity index (χ4v) is 1.59. The summed E-state index contributed by atoms with van der Waals surface area (Å²) in [4.78, 5) is 23.0. The van der Waals surface area contributed by atoms with Gasteiger partial charge in [0.15, 0.2) is 6.04 Å². The highest BCUT2D eigenvalue weighted by molar-refractivity contribution is 5.80. The molecule has 0 aromatic rings. The number of carboxylic acids is 1. The lowest BCUT2D eigenvalue weighted by Crippen LogP contribution is -2.52. The molecule has 1 amide bonds. The van der Waals surface area contributed by atoms with Crippen molar-refractivity contribution in [3.8, 4) is 0 Å². The molecule has 0 aliphatic rings. The van der Waals surface area contributed by atoms with E-state index in [4.69, 9.17) is 9.47 Å². The number of nitrogens with one attached hydrogen (secondary N) is 1. The summed E-state index contributed by atoms with van der Waals surface area (Å²) < 4.78 is 10.8. The summed E-state index contributed by atoms with van der Waals surface area (Å²) >= 11 is 0. The molecule has 0 bridgehead atoms. The van der Waals surface area contributed by atoms with Gasteiger partial charge in [0.25, 0.3) is 0 Å². The summed E-state index contributed by atoms with van der Waals surface area (Å²) in [5, 5.41) is 11.6. The van der Waals surface area contributed by atoms with Crippen molar-refractivity contribution in [2.75, 3.05) is 0 Å². The Hall–Kier alpha value is -1.30. The van der Waals surface area contributed by atoms with Crippen LogP contribution in [0.5, 0.6) is 0 Å². The Kier molecular flexibility index (Phi) is 6.47. The summed E-state index contributed by atoms with van der Waals surface area (Å²) in [5.41, 5.74) is -1.18. The van der Waals surface area contributed by atoms with E-state index in [1.54, 1.807) is 20.8 Å². The van der Waals surface area contributed by atoms with E-state index in [1.807, 2.05) is 27.7 Å². The summed E-state index contributed by atoms with van der Waals surface area (Å²) in [6.45, 7) is 12.5. The maximum atomic E-state index is 11.7. The molecule has 0 saturated heterocycles. The van der Waals surface area contributed by atoms with Gasteiger partial charge in [-0.1, -0.05) is 6.92 Å². The molecule has 118 valence electrons. The van der Waals surface area contributed by atoms with E-state index in [1.165, 1.54) is 0 Å². The van der Waals surface area contributed by atoms with Crippen LogP contribution >= 0.6 is 0 Å². The number of aliphatic carboxylic acids is 1. The molecule has 0 aromatic carbocycles. The molecular formula is C14H27NO5. The standard InChI is InChI=1S/C14H27NO5/c1-8-9(19-13(2,3)4)10(11(16)17)15-12(18)20-14(5,6)7/h9-10H,8H2,1-7H3,(H,15,18)(H,16,17)/t9-,10+/m0/s1. The van der Waals surface area contributed by atoms with E-state index in [0.717, 1.165) is 0 Å². The van der Waals surface area contributed by atoms with Crippen LogP contribution in [0.4, 0.5) is 4.79 Å². The molecule has 0 spiro atoms. The van der Waals surface area contributed by atoms with Gasteiger partial charge in [-0.2, -0.15) is 0 Å². The Morgan fingerprint density at radius 2 is 1.60 bits per heavy atom. The van der Waals surface area contributed by atoms with Crippen molar-refractivity contribution in [2.24, 2.45) is 0 Å². The van der Waals surface area contributed by atoms with Gasteiger partial charge < -0.3 is 19.9 Å². The molecular weight excluding hydrogens is 262 g/mol. The lowest BCUT2D eigenvalue weighted by Gasteiger charge is -2.31. The second-order valence-electron chi connectivity index (χ2n) is 6.64. The van der Waals surface area contributed by atoms with Crippen LogP contribution in [0.25, 0.3) is 0 Å². The third-order valence-corrected chi connectivity index (χ3v) is 2.22. The van der Waals surface area contributed by atoms with Crippen LogP contribution in [0, 0.1) is 0 Å². The third-order valence-electron chi connectivity index (χ3n) is 2.22. The molecule has 0 aromatic heterocycles. The van der Waals surface area contributed by atoms with Crippen LogP contribution in [0.1, 0.15) is 54.9 Å². The number of rotatable bonds is 5. The van der Waals surface area contributed by atoms with E-state index in [0.29, 0.717) is 6.42 Å². The number of amides is 1. The molecule has 2 atom stereocenters. The first kappa shape index (κ1) is 18.7. The number of carboxylic acid groups (broad SMARTS) is 1. The minimum absolute atomic E-state index is 0.462. The average Bonchev–Trinajstić information content (AvgIpc) is 2.18. The Morgan fingerprint density at radius 3 is 1.90 bits per heavy atom. The number of carbonyl (C=O) groups is 2. The quantitative estimate of drug-likeness (QED) is 0.812. The molecule has 0 saturated carbocycles. The Labute approximate surface area is 120 Å². The zero-order valence-electron chi connectivity index (χ0n) is 13.4. The topological polar surface area (TPSA) is 84.9 Å². The van der Waals surface area contributed by atoms with E-state index >= 15 is 0 Å². The first-order chi connectivity index (χ1) is 8.85. The maximum absolute atomic E-state index is 11.7. The van der Waals surface area contributed by atoms with E-state index in [9.17, 15) is 14.7 Å². The summed E-state index contributed by atoms with van der Waals surface area (Å²) in [7, 11) is 0. The first-order valence-corrected chi connectivity index (χ1v) is 6.76. The van der Waals surface area contributed by atoms with Crippen LogP contribution < -0.4 is 5.32 Å². The molecule has 0 rings (SSSR count). The normalized spacial score (nSPS) is 15.3. The fraction of sp³-hybridized carbons (Fsp3) is 0.857. The lowest BCUT2D eigenvalue weighted by molar-refractivity contribution is -0.148. The second kappa shape index (κ2) is 6.92. The number of alkyl carbamates (subject to hydrolysis) is 1. The smallest absolute Gasteiger partial charge is 0.408 e. The Morgan fingerprint density at radius 1 is 1.10 bits per heavy atom. The zero-order valence-corrected chi connectivity index (χ0v) is 13.4. The van der Waals surface area contributed by atoms with Crippen molar-refractivity contribution < 1.29 is 24.2 Å². The van der Waals surface area contributed by atoms with Gasteiger partial charge in [-0.15, -0.1) is 0 Å². The second-order valence-corrected chi connectivity index (χ2v) is 6.64. The van der Waals surface area contributed by atoms with Crippen molar-refractivity contribution in [3.05, 3.63) is 0 Å². The summed E-state index contributed by atoms with van der Waals surface area (Å²) in [6, 6.07) is -1.14. The van der Waals surface area contributed by atoms with Crippen LogP contribution in [0.3, 0.4) is 0 Å². The van der Waals surface area contributed by atoms with Crippen LogP contribution in [-0.2, 0) is 14.3 Å². The van der Waals surface area contributed by atoms with Crippen LogP contribution in [0.2, 0.25) is 0 Å². The van der Waals surface area contributed by atoms with Gasteiger partial charge in [-0.3, -0.25) is 0 Å². The predicted molar refractivity (Wildman–Crippen MR) is 75.7 cm³/mol. The fourth-order valence-electron chi connectivity index (χ4n) is 1.59. The Balaban J connectivity index is 4.87. The molecule has 0 unspecified atom stereocenters. The number of hydrogen-bond donors (Lipinski definition) is 2. The third kappa shape index (κ3) is 7.99. The molecule has 6 heteroatoms. The molecule has 20 heavy (non-hydrogen) atoms. The first-order valence-electron chi connectivity index (χ1n) is 6.76. The minimum Gasteiger partial charge on any atom is -0.480 e. The van der Waals surface area contributed by atoms with E-state index < -0.39 is 35.4 Å². The molecule has 0 fully saturated rings. The van der Waals surface area contributed by atoms with Gasteiger partial charge in [-0.05, 0) is 48.0 Å². The van der Waals surface area contributed by atoms with Gasteiger partial charge >= 0.3 is 12.1 Å². The minimum atomic E-state index is -1.15. The van der Waals surface area contributed by atoms with E-state index in [-0.39, 0.29) is 0 Å². The molecule has 0 aliphatic carbocycles. The van der Waals surface area contributed by atoms with Gasteiger partial charge in [-0.25, -0.2) is 9.59 Å². The van der Waals surface area contributed by atoms with Crippen LogP contribution in [-0.4, -0.2) is 40.5 Å². The maximum Gasteiger partial charge on any atom is 0.408 e. The number of ether oxygens (including phenoxy) is 2. The predicted octanol–water partition coefficient (Wildman–Crippen LogP) is 2.56. The van der Waals surface area contributed by atoms with Gasteiger partial charge in [0.2, 0.25) is 0 Å². The number of carbonyl (C=O) groups excluding carboxylic acids is 1. The molecule has 0 radical (unpaired) electrons. The van der Waals surface area contributed by atoms with Gasteiger partial charge in [0, 0.05) is 0 Å². The molecule has 0 aliphatic heterocycles. The van der Waals surface area contributed by atoms with Gasteiger partial charge in [0.1, 0.15) is 5.60 Å². The average molecular weight is 289 g/mol. The highest BCUT2D eigenvalue weighted by Gasteiger charge is 2.33. The lowest BCUT2D eigenvalue weighted by atomic mass is 10.1. The molecule has 0 heterocycles. The van der Waals surface area contributed by atoms with Crippen molar-refractivity contribution in [3.63, 3.8) is 0 Å². The monoisotopic (exact) mass is 289 g/mol. The largest absolute Gasteiger partial charge is 0.480 e. The molecule has 2 N–H and O–H groups in total. The van der Waals surface area contributed by atoms with Gasteiger partial charge in [0.05, 0.1) is 11.7 Å². The number of hydrogen-bond acceptors (Lipinski definition) is 4. The van der Waals surface area contributed by atoms with Crippen molar-refractivity contribution >= 4 is 12.1 Å². The van der Waals surface area contributed by atoms with Crippen molar-refractivity contribution in [1.82, 2.24) is 5.32 Å². The Bertz CT molecular complexity index is 340. The summed E-state index contributed by atoms with van der Waals surface area (Å²) in [6.07, 6.45) is -0.926. The van der Waals surface area contributed by atoms with Crippen molar-refractivity contribution in [2.45, 2.75) is 78.2 Å². The highest BCUT2D eigenvalue weighted by Crippen LogP contribution is 2.17. The SMILES string of the molecule is CC[C@H](OC(C)(C)C)[C@@H](NC(=O)OC(C)(C)C)C(=O)O. The zero-order chi connectivity index (χ0) is 16.1. The molecule has 6 nitrogen and oxygen atoms in total. The summed E-state index contributed by atoms with van der Waals surface area (Å²) in [5.74, 6) is -1.15. The van der Waals surface area contributed by atoms with Crippen molar-refractivity contribution in [1.29, 1.82) is 0 Å². The highest BCUT2D eigenvalue weighted by atomic mass is 16.6. The van der Waals surface area contributed by atoms with Crippen LogP contribution in [0.15, 0.2) is 0 Å². The van der Waals surface area contributed by atoms with E-state index in [2.05, 4.69) is 5.32 Å².